The molecule has 30 heavy (non-hydrogen) atoms. The van der Waals surface area contributed by atoms with Crippen molar-refractivity contribution in [2.75, 3.05) is 24.6 Å². The molecule has 2 aromatic carbocycles. The van der Waals surface area contributed by atoms with E-state index < -0.39 is 0 Å². The molecule has 4 rings (SSSR count). The Labute approximate surface area is 178 Å². The first-order chi connectivity index (χ1) is 14.5. The molecule has 1 atom stereocenters. The predicted molar refractivity (Wildman–Crippen MR) is 118 cm³/mol. The van der Waals surface area contributed by atoms with Crippen molar-refractivity contribution in [3.63, 3.8) is 0 Å². The standard InChI is InChI=1S/C25H30N2O3/c1-3-30-22-10-6-19(7-11-22)16-20-12-14-26(15-13-20)23-17-24(28)27(25(23)29)21-8-4-18(2)5-9-21/h4-11,20,23H,3,12-17H2,1-2H3/t23-/m0/s1. The van der Waals surface area contributed by atoms with Crippen LogP contribution in [-0.2, 0) is 16.0 Å². The average Bonchev–Trinajstić information content (AvgIpc) is 3.05. The Morgan fingerprint density at radius 3 is 2.27 bits per heavy atom. The Balaban J connectivity index is 1.33. The largest absolute Gasteiger partial charge is 0.494 e. The van der Waals surface area contributed by atoms with Gasteiger partial charge in [-0.25, -0.2) is 4.90 Å². The minimum atomic E-state index is -0.315. The van der Waals surface area contributed by atoms with E-state index in [0.29, 0.717) is 18.2 Å². The maximum Gasteiger partial charge on any atom is 0.251 e. The highest BCUT2D eigenvalue weighted by Gasteiger charge is 2.43. The fraction of sp³-hybridized carbons (Fsp3) is 0.440. The van der Waals surface area contributed by atoms with Gasteiger partial charge < -0.3 is 4.74 Å². The second-order valence-corrected chi connectivity index (χ2v) is 8.38. The van der Waals surface area contributed by atoms with Crippen LogP contribution in [-0.4, -0.2) is 42.5 Å². The Morgan fingerprint density at radius 2 is 1.63 bits per heavy atom. The zero-order valence-corrected chi connectivity index (χ0v) is 17.8. The van der Waals surface area contributed by atoms with Gasteiger partial charge in [0.1, 0.15) is 5.75 Å². The number of nitrogens with zero attached hydrogens (tertiary/aromatic N) is 2. The third-order valence-corrected chi connectivity index (χ3v) is 6.26. The Hall–Kier alpha value is -2.66. The van der Waals surface area contributed by atoms with Crippen LogP contribution in [0.25, 0.3) is 0 Å². The molecule has 0 bridgehead atoms. The van der Waals surface area contributed by atoms with Crippen LogP contribution in [0.2, 0.25) is 0 Å². The number of imide groups is 1. The van der Waals surface area contributed by atoms with Gasteiger partial charge in [0.05, 0.1) is 24.8 Å². The van der Waals surface area contributed by atoms with Crippen LogP contribution in [0.5, 0.6) is 5.75 Å². The van der Waals surface area contributed by atoms with E-state index in [1.54, 1.807) is 0 Å². The van der Waals surface area contributed by atoms with Gasteiger partial charge in [-0.2, -0.15) is 0 Å². The third-order valence-electron chi connectivity index (χ3n) is 6.26. The molecule has 2 amide bonds. The fourth-order valence-corrected chi connectivity index (χ4v) is 4.56. The van der Waals surface area contributed by atoms with Crippen LogP contribution < -0.4 is 9.64 Å². The molecule has 5 heteroatoms. The molecule has 0 aliphatic carbocycles. The quantitative estimate of drug-likeness (QED) is 0.681. The average molecular weight is 407 g/mol. The first-order valence-electron chi connectivity index (χ1n) is 10.9. The number of piperidine rings is 1. The highest BCUT2D eigenvalue weighted by molar-refractivity contribution is 6.22. The van der Waals surface area contributed by atoms with Gasteiger partial charge in [0, 0.05) is 0 Å². The zero-order chi connectivity index (χ0) is 21.1. The van der Waals surface area contributed by atoms with Gasteiger partial charge in [-0.3, -0.25) is 14.5 Å². The molecule has 158 valence electrons. The summed E-state index contributed by atoms with van der Waals surface area (Å²) in [5, 5.41) is 0. The number of carbonyl (C=O) groups excluding carboxylic acids is 2. The molecule has 0 N–H and O–H groups in total. The van der Waals surface area contributed by atoms with Crippen molar-refractivity contribution in [2.24, 2.45) is 5.92 Å². The number of benzene rings is 2. The fourth-order valence-electron chi connectivity index (χ4n) is 4.56. The molecule has 0 saturated carbocycles. The summed E-state index contributed by atoms with van der Waals surface area (Å²) < 4.78 is 5.52. The van der Waals surface area contributed by atoms with Gasteiger partial charge in [-0.05, 0) is 81.9 Å². The molecule has 0 radical (unpaired) electrons. The lowest BCUT2D eigenvalue weighted by Gasteiger charge is -2.34. The number of likely N-dealkylation sites (tertiary alicyclic amines) is 1. The minimum absolute atomic E-state index is 0.0752. The van der Waals surface area contributed by atoms with Gasteiger partial charge >= 0.3 is 0 Å². The first-order valence-corrected chi connectivity index (χ1v) is 10.9. The molecule has 2 aromatic rings. The number of amides is 2. The molecule has 0 aromatic heterocycles. The van der Waals surface area contributed by atoms with Crippen LogP contribution in [0, 0.1) is 12.8 Å². The summed E-state index contributed by atoms with van der Waals surface area (Å²) in [5.74, 6) is 1.36. The molecular formula is C25H30N2O3. The van der Waals surface area contributed by atoms with Crippen molar-refractivity contribution >= 4 is 17.5 Å². The summed E-state index contributed by atoms with van der Waals surface area (Å²) in [4.78, 5) is 29.2. The number of rotatable bonds is 6. The lowest BCUT2D eigenvalue weighted by molar-refractivity contribution is -0.123. The van der Waals surface area contributed by atoms with Crippen LogP contribution in [0.3, 0.4) is 0 Å². The summed E-state index contributed by atoms with van der Waals surface area (Å²) in [5.41, 5.74) is 3.13. The maximum atomic E-state index is 13.0. The van der Waals surface area contributed by atoms with E-state index >= 15 is 0 Å². The van der Waals surface area contributed by atoms with E-state index in [0.717, 1.165) is 43.7 Å². The summed E-state index contributed by atoms with van der Waals surface area (Å²) in [7, 11) is 0. The van der Waals surface area contributed by atoms with E-state index in [9.17, 15) is 9.59 Å². The second kappa shape index (κ2) is 9.00. The Morgan fingerprint density at radius 1 is 0.967 bits per heavy atom. The molecule has 2 heterocycles. The number of aryl methyl sites for hydroxylation is 1. The van der Waals surface area contributed by atoms with Gasteiger partial charge in [-0.1, -0.05) is 29.8 Å². The highest BCUT2D eigenvalue weighted by Crippen LogP contribution is 2.30. The van der Waals surface area contributed by atoms with Crippen molar-refractivity contribution in [1.82, 2.24) is 4.90 Å². The Kier molecular flexibility index (Phi) is 6.18. The molecule has 5 nitrogen and oxygen atoms in total. The normalized spacial score (nSPS) is 20.7. The number of anilines is 1. The molecule has 0 spiro atoms. The predicted octanol–water partition coefficient (Wildman–Crippen LogP) is 3.98. The van der Waals surface area contributed by atoms with Crippen molar-refractivity contribution in [1.29, 1.82) is 0 Å². The summed E-state index contributed by atoms with van der Waals surface area (Å²) in [6.07, 6.45) is 3.44. The first kappa shape index (κ1) is 20.6. The summed E-state index contributed by atoms with van der Waals surface area (Å²) in [6, 6.07) is 15.7. The van der Waals surface area contributed by atoms with E-state index in [2.05, 4.69) is 17.0 Å². The minimum Gasteiger partial charge on any atom is -0.494 e. The highest BCUT2D eigenvalue weighted by atomic mass is 16.5. The van der Waals surface area contributed by atoms with Gasteiger partial charge in [0.15, 0.2) is 0 Å². The lowest BCUT2D eigenvalue weighted by Crippen LogP contribution is -2.46. The zero-order valence-electron chi connectivity index (χ0n) is 17.8. The summed E-state index contributed by atoms with van der Waals surface area (Å²) >= 11 is 0. The van der Waals surface area contributed by atoms with Crippen molar-refractivity contribution in [2.45, 2.75) is 45.6 Å². The van der Waals surface area contributed by atoms with E-state index in [1.165, 1.54) is 10.5 Å². The smallest absolute Gasteiger partial charge is 0.251 e. The second-order valence-electron chi connectivity index (χ2n) is 8.38. The summed E-state index contributed by atoms with van der Waals surface area (Å²) in [6.45, 7) is 6.41. The lowest BCUT2D eigenvalue weighted by atomic mass is 9.89. The van der Waals surface area contributed by atoms with E-state index in [1.807, 2.05) is 50.2 Å². The maximum absolute atomic E-state index is 13.0. The van der Waals surface area contributed by atoms with Gasteiger partial charge in [0.25, 0.3) is 5.91 Å². The molecule has 2 aliphatic heterocycles. The monoisotopic (exact) mass is 406 g/mol. The van der Waals surface area contributed by atoms with Crippen LogP contribution in [0.1, 0.15) is 37.3 Å². The van der Waals surface area contributed by atoms with Crippen LogP contribution >= 0.6 is 0 Å². The third kappa shape index (κ3) is 4.41. The van der Waals surface area contributed by atoms with E-state index in [-0.39, 0.29) is 24.3 Å². The number of hydrogen-bond donors (Lipinski definition) is 0. The van der Waals surface area contributed by atoms with Gasteiger partial charge in [0.2, 0.25) is 5.91 Å². The number of carbonyl (C=O) groups is 2. The van der Waals surface area contributed by atoms with Gasteiger partial charge in [-0.15, -0.1) is 0 Å². The SMILES string of the molecule is CCOc1ccc(CC2CCN([C@H]3CC(=O)N(c4ccc(C)cc4)C3=O)CC2)cc1. The van der Waals surface area contributed by atoms with Crippen LogP contribution in [0.15, 0.2) is 48.5 Å². The molecule has 2 aliphatic rings. The molecule has 2 fully saturated rings. The van der Waals surface area contributed by atoms with Crippen molar-refractivity contribution < 1.29 is 14.3 Å². The van der Waals surface area contributed by atoms with Crippen molar-refractivity contribution in [3.8, 4) is 5.75 Å². The Bertz CT molecular complexity index is 884. The number of hydrogen-bond acceptors (Lipinski definition) is 4. The molecule has 2 saturated heterocycles. The number of ether oxygens (including phenoxy) is 1. The van der Waals surface area contributed by atoms with Crippen molar-refractivity contribution in [3.05, 3.63) is 59.7 Å². The molecule has 0 unspecified atom stereocenters. The van der Waals surface area contributed by atoms with Crippen LogP contribution in [0.4, 0.5) is 5.69 Å². The van der Waals surface area contributed by atoms with E-state index in [4.69, 9.17) is 4.74 Å². The topological polar surface area (TPSA) is 49.9 Å². The molecular weight excluding hydrogens is 376 g/mol.